The van der Waals surface area contributed by atoms with Gasteiger partial charge in [0.05, 0.1) is 6.63 Å². The minimum absolute atomic E-state index is 0. The summed E-state index contributed by atoms with van der Waals surface area (Å²) in [5, 5.41) is 0. The van der Waals surface area contributed by atoms with Crippen molar-refractivity contribution in [2.75, 3.05) is 6.66 Å². The molecule has 3 atom stereocenters. The molecule has 0 N–H and O–H groups in total. The van der Waals surface area contributed by atoms with Gasteiger partial charge in [-0.2, -0.15) is 0 Å². The van der Waals surface area contributed by atoms with Gasteiger partial charge in [0.25, 0.3) is 0 Å². The fourth-order valence-corrected chi connectivity index (χ4v) is 8.11. The van der Waals surface area contributed by atoms with E-state index < -0.39 is 6.63 Å². The molecule has 0 heterocycles. The zero-order chi connectivity index (χ0) is 16.9. The molecule has 0 aromatic carbocycles. The van der Waals surface area contributed by atoms with Gasteiger partial charge in [0.1, 0.15) is 0 Å². The third-order valence-corrected chi connectivity index (χ3v) is 8.93. The molecular weight excluding hydrogens is 441 g/mol. The van der Waals surface area contributed by atoms with Crippen LogP contribution in [0, 0.1) is 62.5 Å². The van der Waals surface area contributed by atoms with Crippen LogP contribution in [0.3, 0.4) is 0 Å². The van der Waals surface area contributed by atoms with E-state index in [-0.39, 0.29) is 42.7 Å². The van der Waals surface area contributed by atoms with Crippen LogP contribution in [0.25, 0.3) is 0 Å². The van der Waals surface area contributed by atoms with Crippen LogP contribution in [-0.2, 0) is 17.1 Å². The molecule has 0 spiro atoms. The summed E-state index contributed by atoms with van der Waals surface area (Å²) in [7, 11) is -0.383. The Kier molecular flexibility index (Phi) is 23.7. The normalized spacial score (nSPS) is 20.3. The number of terminal acetylenes is 1. The van der Waals surface area contributed by atoms with Crippen LogP contribution in [-0.4, -0.2) is 18.0 Å². The van der Waals surface area contributed by atoms with E-state index in [1.54, 1.807) is 0 Å². The van der Waals surface area contributed by atoms with Crippen molar-refractivity contribution in [3.63, 3.8) is 0 Å². The second kappa shape index (κ2) is 19.9. The first-order valence-electron chi connectivity index (χ1n) is 7.96. The van der Waals surface area contributed by atoms with E-state index in [1.165, 1.54) is 44.9 Å². The largest absolute Gasteiger partial charge is 2.00 e. The van der Waals surface area contributed by atoms with Gasteiger partial charge in [-0.25, -0.2) is 0 Å². The molecular formula is C21H32Cl2FeP2. The maximum Gasteiger partial charge on any atom is 2.00 e. The predicted octanol–water partition coefficient (Wildman–Crippen LogP) is 7.75. The molecule has 0 bridgehead atoms. The van der Waals surface area contributed by atoms with Gasteiger partial charge in [0.15, 0.2) is 0 Å². The van der Waals surface area contributed by atoms with Gasteiger partial charge in [0.2, 0.25) is 0 Å². The van der Waals surface area contributed by atoms with E-state index in [9.17, 15) is 0 Å². The predicted molar refractivity (Wildman–Crippen MR) is 125 cm³/mol. The molecule has 5 heteroatoms. The van der Waals surface area contributed by atoms with Crippen LogP contribution >= 0.6 is 37.0 Å². The van der Waals surface area contributed by atoms with Crippen molar-refractivity contribution in [3.8, 4) is 47.6 Å². The topological polar surface area (TPSA) is 0 Å². The first kappa shape index (κ1) is 30.9. The van der Waals surface area contributed by atoms with Gasteiger partial charge in [-0.1, -0.05) is 66.7 Å². The van der Waals surface area contributed by atoms with Gasteiger partial charge in [-0.05, 0) is 68.6 Å². The third kappa shape index (κ3) is 13.4. The Morgan fingerprint density at radius 3 is 1.77 bits per heavy atom. The second-order valence-corrected chi connectivity index (χ2v) is 11.6. The molecule has 2 aliphatic rings. The molecule has 2 aliphatic carbocycles. The minimum Gasteiger partial charge on any atom is -0.358 e. The fourth-order valence-electron chi connectivity index (χ4n) is 2.81. The third-order valence-electron chi connectivity index (χ3n) is 4.00. The van der Waals surface area contributed by atoms with Crippen molar-refractivity contribution in [2.24, 2.45) is 0 Å². The fraction of sp³-hybridized carbons (Fsp3) is 0.524. The molecule has 0 aromatic rings. The van der Waals surface area contributed by atoms with Crippen molar-refractivity contribution < 1.29 is 19.9 Å². The summed E-state index contributed by atoms with van der Waals surface area (Å²) in [6.45, 7) is 1.29. The summed E-state index contributed by atoms with van der Waals surface area (Å²) in [6, 6.07) is 0. The van der Waals surface area contributed by atoms with E-state index >= 15 is 0 Å². The van der Waals surface area contributed by atoms with Crippen molar-refractivity contribution in [3.05, 3.63) is 14.9 Å². The van der Waals surface area contributed by atoms with Crippen LogP contribution < -0.4 is 0 Å². The smallest absolute Gasteiger partial charge is 0.358 e. The Labute approximate surface area is 188 Å². The Morgan fingerprint density at radius 2 is 1.27 bits per heavy atom. The molecule has 2 fully saturated rings. The van der Waals surface area contributed by atoms with Crippen LogP contribution in [0.2, 0.25) is 0 Å². The quantitative estimate of drug-likeness (QED) is 0.167. The Morgan fingerprint density at radius 1 is 0.808 bits per heavy atom. The molecule has 2 rings (SSSR count). The molecule has 26 heavy (non-hydrogen) atoms. The molecule has 0 radical (unpaired) electrons. The van der Waals surface area contributed by atoms with E-state index in [2.05, 4.69) is 47.8 Å². The van der Waals surface area contributed by atoms with Crippen molar-refractivity contribution in [1.82, 2.24) is 0 Å². The number of halogens is 2. The summed E-state index contributed by atoms with van der Waals surface area (Å²) < 4.78 is 0. The van der Waals surface area contributed by atoms with Gasteiger partial charge in [-0.15, -0.1) is 6.42 Å². The first-order valence-corrected chi connectivity index (χ1v) is 13.0. The zero-order valence-electron chi connectivity index (χ0n) is 15.9. The monoisotopic (exact) mass is 472 g/mol. The van der Waals surface area contributed by atoms with E-state index in [1.807, 2.05) is 0 Å². The van der Waals surface area contributed by atoms with Crippen molar-refractivity contribution >= 4 is 37.0 Å². The molecule has 0 amide bonds. The van der Waals surface area contributed by atoms with Crippen LogP contribution in [0.5, 0.6) is 0 Å². The standard InChI is InChI=1S/C14H12Cl2P2.C5H10.2CH3.Fe.2H2/c1-3-4-5-6-7-8-12-17(2)13-10-9-11-14(13)18(15)16;1-2-4-5-3-1;;;;;/h1,13-14H,9-11H2,2H3;1-5H2;2*1H3;;2*1H/q;;2*-1;+2;;. The van der Waals surface area contributed by atoms with E-state index in [0.717, 1.165) is 6.42 Å². The van der Waals surface area contributed by atoms with E-state index in [4.69, 9.17) is 28.9 Å². The molecule has 3 unspecified atom stereocenters. The van der Waals surface area contributed by atoms with Crippen LogP contribution in [0.15, 0.2) is 0 Å². The zero-order valence-corrected chi connectivity index (χ0v) is 20.3. The maximum atomic E-state index is 6.07. The Balaban J connectivity index is -0.000000155. The SMILES string of the molecule is C#CC#CC#CC#CP(C)C1CCCC1P(Cl)Cl.C1CCCC1.[CH3-].[CH3-].[Fe+2].[HH].[HH]. The minimum atomic E-state index is -0.888. The average Bonchev–Trinajstić information content (AvgIpc) is 3.24. The maximum absolute atomic E-state index is 6.07. The number of hydrogen-bond acceptors (Lipinski definition) is 0. The molecule has 0 nitrogen and oxygen atoms in total. The average molecular weight is 473 g/mol. The van der Waals surface area contributed by atoms with Gasteiger partial charge in [-0.3, -0.25) is 0 Å². The molecule has 148 valence electrons. The molecule has 0 aliphatic heterocycles. The van der Waals surface area contributed by atoms with Crippen LogP contribution in [0.1, 0.15) is 54.2 Å². The summed E-state index contributed by atoms with van der Waals surface area (Å²) >= 11 is 12.1. The Hall–Kier alpha value is 0.199. The van der Waals surface area contributed by atoms with Gasteiger partial charge >= 0.3 is 17.1 Å². The molecule has 0 aromatic heterocycles. The van der Waals surface area contributed by atoms with Crippen molar-refractivity contribution in [1.29, 1.82) is 0 Å². The number of rotatable bonds is 2. The van der Waals surface area contributed by atoms with Gasteiger partial charge < -0.3 is 14.9 Å². The summed E-state index contributed by atoms with van der Waals surface area (Å²) in [4.78, 5) is 0. The van der Waals surface area contributed by atoms with Crippen LogP contribution in [0.4, 0.5) is 0 Å². The number of hydrogen-bond donors (Lipinski definition) is 0. The molecule has 0 saturated heterocycles. The summed E-state index contributed by atoms with van der Waals surface area (Å²) in [5.74, 6) is 15.3. The summed E-state index contributed by atoms with van der Waals surface area (Å²) in [6.07, 6.45) is 16.0. The Bertz CT molecular complexity index is 578. The second-order valence-electron chi connectivity index (χ2n) is 5.58. The molecule has 2 saturated carbocycles. The van der Waals surface area contributed by atoms with E-state index in [0.29, 0.717) is 11.3 Å². The van der Waals surface area contributed by atoms with Gasteiger partial charge in [0, 0.05) is 8.51 Å². The van der Waals surface area contributed by atoms with Crippen molar-refractivity contribution in [2.45, 2.75) is 62.7 Å². The first-order chi connectivity index (χ1) is 11.2. The summed E-state index contributed by atoms with van der Waals surface area (Å²) in [5.41, 5.74) is 4.21.